The second-order valence-electron chi connectivity index (χ2n) is 6.60. The fraction of sp³-hybridized carbons (Fsp3) is 0.368. The predicted molar refractivity (Wildman–Crippen MR) is 100 cm³/mol. The Bertz CT molecular complexity index is 890. The molecule has 1 saturated heterocycles. The summed E-state index contributed by atoms with van der Waals surface area (Å²) in [6.07, 6.45) is 3.92. The van der Waals surface area contributed by atoms with Crippen molar-refractivity contribution in [2.45, 2.75) is 31.6 Å². The van der Waals surface area contributed by atoms with E-state index in [4.69, 9.17) is 0 Å². The molecule has 1 aliphatic heterocycles. The number of carbonyl (C=O) groups is 1. The number of pyridine rings is 1. The maximum absolute atomic E-state index is 12.6. The van der Waals surface area contributed by atoms with E-state index in [9.17, 15) is 13.2 Å². The zero-order valence-corrected chi connectivity index (χ0v) is 15.8. The monoisotopic (exact) mass is 373 g/mol. The van der Waals surface area contributed by atoms with Gasteiger partial charge in [0.1, 0.15) is 4.90 Å². The van der Waals surface area contributed by atoms with Crippen LogP contribution in [0.5, 0.6) is 0 Å². The van der Waals surface area contributed by atoms with Gasteiger partial charge in [-0.3, -0.25) is 9.78 Å². The van der Waals surface area contributed by atoms with Gasteiger partial charge >= 0.3 is 0 Å². The molecule has 2 heterocycles. The Morgan fingerprint density at radius 1 is 1.15 bits per heavy atom. The Balaban J connectivity index is 1.63. The summed E-state index contributed by atoms with van der Waals surface area (Å²) >= 11 is 0. The summed E-state index contributed by atoms with van der Waals surface area (Å²) in [5, 5.41) is 2.99. The molecule has 6 nitrogen and oxygen atoms in total. The first-order valence-electron chi connectivity index (χ1n) is 8.67. The Morgan fingerprint density at radius 2 is 1.88 bits per heavy atom. The highest BCUT2D eigenvalue weighted by atomic mass is 32.2. The molecule has 1 amide bonds. The van der Waals surface area contributed by atoms with Crippen molar-refractivity contribution in [2.75, 3.05) is 18.4 Å². The number of nitrogens with one attached hydrogen (secondary N) is 1. The van der Waals surface area contributed by atoms with Crippen molar-refractivity contribution in [3.63, 3.8) is 0 Å². The van der Waals surface area contributed by atoms with Gasteiger partial charge in [-0.25, -0.2) is 8.42 Å². The lowest BCUT2D eigenvalue weighted by Gasteiger charge is -2.30. The van der Waals surface area contributed by atoms with Gasteiger partial charge in [0, 0.05) is 37.1 Å². The van der Waals surface area contributed by atoms with E-state index in [1.165, 1.54) is 10.5 Å². The number of anilines is 1. The average Bonchev–Trinajstić information content (AvgIpc) is 2.66. The number of benzene rings is 1. The summed E-state index contributed by atoms with van der Waals surface area (Å²) in [6.45, 7) is 4.66. The fourth-order valence-corrected chi connectivity index (χ4v) is 4.56. The number of aryl methyl sites for hydroxylation is 1. The topological polar surface area (TPSA) is 79.4 Å². The molecule has 1 N–H and O–H groups in total. The third-order valence-corrected chi connectivity index (χ3v) is 6.84. The van der Waals surface area contributed by atoms with E-state index in [1.54, 1.807) is 18.3 Å². The van der Waals surface area contributed by atoms with E-state index in [0.717, 1.165) is 16.8 Å². The molecule has 0 atom stereocenters. The van der Waals surface area contributed by atoms with Gasteiger partial charge in [-0.2, -0.15) is 4.31 Å². The molecule has 1 fully saturated rings. The van der Waals surface area contributed by atoms with Crippen LogP contribution in [0, 0.1) is 19.8 Å². The largest absolute Gasteiger partial charge is 0.326 e. The minimum Gasteiger partial charge on any atom is -0.326 e. The van der Waals surface area contributed by atoms with Crippen molar-refractivity contribution in [2.24, 2.45) is 5.92 Å². The maximum atomic E-state index is 12.6. The first kappa shape index (κ1) is 18.5. The number of aromatic nitrogens is 1. The summed E-state index contributed by atoms with van der Waals surface area (Å²) in [5.74, 6) is -0.229. The molecule has 26 heavy (non-hydrogen) atoms. The van der Waals surface area contributed by atoms with Crippen LogP contribution in [-0.4, -0.2) is 36.7 Å². The number of nitrogens with zero attached hydrogens (tertiary/aromatic N) is 2. The third kappa shape index (κ3) is 3.78. The van der Waals surface area contributed by atoms with Crippen LogP contribution < -0.4 is 5.32 Å². The number of amides is 1. The van der Waals surface area contributed by atoms with E-state index in [0.29, 0.717) is 25.9 Å². The zero-order valence-electron chi connectivity index (χ0n) is 15.0. The summed E-state index contributed by atoms with van der Waals surface area (Å²) < 4.78 is 26.7. The van der Waals surface area contributed by atoms with Crippen LogP contribution in [-0.2, 0) is 14.8 Å². The van der Waals surface area contributed by atoms with Gasteiger partial charge in [0.15, 0.2) is 0 Å². The van der Waals surface area contributed by atoms with Gasteiger partial charge < -0.3 is 5.32 Å². The lowest BCUT2D eigenvalue weighted by Crippen LogP contribution is -2.41. The van der Waals surface area contributed by atoms with Crippen LogP contribution in [0.15, 0.2) is 47.6 Å². The fourth-order valence-electron chi connectivity index (χ4n) is 3.13. The van der Waals surface area contributed by atoms with Crippen molar-refractivity contribution in [1.82, 2.24) is 9.29 Å². The van der Waals surface area contributed by atoms with Crippen LogP contribution in [0.4, 0.5) is 5.69 Å². The van der Waals surface area contributed by atoms with Crippen LogP contribution in [0.1, 0.15) is 24.0 Å². The molecule has 1 aliphatic rings. The molecular formula is C19H23N3O3S. The van der Waals surface area contributed by atoms with Crippen molar-refractivity contribution in [3.05, 3.63) is 53.9 Å². The predicted octanol–water partition coefficient (Wildman–Crippen LogP) is 2.74. The number of hydrogen-bond donors (Lipinski definition) is 1. The summed E-state index contributed by atoms with van der Waals surface area (Å²) in [5.41, 5.74) is 3.00. The number of piperidine rings is 1. The molecule has 7 heteroatoms. The van der Waals surface area contributed by atoms with Gasteiger partial charge in [0.2, 0.25) is 15.9 Å². The van der Waals surface area contributed by atoms with Gasteiger partial charge in [-0.1, -0.05) is 12.1 Å². The minimum atomic E-state index is -3.54. The smallest absolute Gasteiger partial charge is 0.244 e. The number of rotatable bonds is 4. The third-order valence-electron chi connectivity index (χ3n) is 4.96. The van der Waals surface area contributed by atoms with Crippen molar-refractivity contribution in [3.8, 4) is 0 Å². The lowest BCUT2D eigenvalue weighted by atomic mass is 9.97. The number of carbonyl (C=O) groups excluding carboxylic acids is 1. The summed E-state index contributed by atoms with van der Waals surface area (Å²) in [7, 11) is -3.54. The van der Waals surface area contributed by atoms with E-state index in [1.807, 2.05) is 32.0 Å². The molecule has 1 aromatic carbocycles. The van der Waals surface area contributed by atoms with Gasteiger partial charge in [0.05, 0.1) is 0 Å². The molecule has 0 bridgehead atoms. The molecule has 0 unspecified atom stereocenters. The Hall–Kier alpha value is -2.25. The van der Waals surface area contributed by atoms with Crippen molar-refractivity contribution < 1.29 is 13.2 Å². The van der Waals surface area contributed by atoms with Crippen LogP contribution in [0.3, 0.4) is 0 Å². The molecule has 1 aromatic heterocycles. The SMILES string of the molecule is Cc1cccc(NC(=O)C2CCN(S(=O)(=O)c3cccnc3)CC2)c1C. The van der Waals surface area contributed by atoms with Gasteiger partial charge in [-0.05, 0) is 56.0 Å². The Kier molecular flexibility index (Phi) is 5.38. The van der Waals surface area contributed by atoms with Crippen LogP contribution >= 0.6 is 0 Å². The second kappa shape index (κ2) is 7.55. The highest BCUT2D eigenvalue weighted by molar-refractivity contribution is 7.89. The van der Waals surface area contributed by atoms with Crippen LogP contribution in [0.2, 0.25) is 0 Å². The maximum Gasteiger partial charge on any atom is 0.244 e. The van der Waals surface area contributed by atoms with Crippen LogP contribution in [0.25, 0.3) is 0 Å². The molecule has 0 aliphatic carbocycles. The summed E-state index contributed by atoms with van der Waals surface area (Å²) in [4.78, 5) is 16.6. The molecular weight excluding hydrogens is 350 g/mol. The first-order chi connectivity index (χ1) is 12.4. The molecule has 0 radical (unpaired) electrons. The zero-order chi connectivity index (χ0) is 18.7. The molecule has 0 saturated carbocycles. The average molecular weight is 373 g/mol. The minimum absolute atomic E-state index is 0.0443. The van der Waals surface area contributed by atoms with Gasteiger partial charge in [0.25, 0.3) is 0 Å². The van der Waals surface area contributed by atoms with Crippen molar-refractivity contribution in [1.29, 1.82) is 0 Å². The standard InChI is InChI=1S/C19H23N3O3S/c1-14-5-3-7-18(15(14)2)21-19(23)16-8-11-22(12-9-16)26(24,25)17-6-4-10-20-13-17/h3-7,10,13,16H,8-9,11-12H2,1-2H3,(H,21,23). The Labute approximate surface area is 154 Å². The lowest BCUT2D eigenvalue weighted by molar-refractivity contribution is -0.120. The molecule has 0 spiro atoms. The quantitative estimate of drug-likeness (QED) is 0.894. The Morgan fingerprint density at radius 3 is 2.54 bits per heavy atom. The highest BCUT2D eigenvalue weighted by Gasteiger charge is 2.32. The summed E-state index contributed by atoms with van der Waals surface area (Å²) in [6, 6.07) is 8.97. The molecule has 138 valence electrons. The molecule has 3 rings (SSSR count). The number of hydrogen-bond acceptors (Lipinski definition) is 4. The van der Waals surface area contributed by atoms with Gasteiger partial charge in [-0.15, -0.1) is 0 Å². The molecule has 2 aromatic rings. The first-order valence-corrected chi connectivity index (χ1v) is 10.1. The normalized spacial score (nSPS) is 16.4. The number of sulfonamides is 1. The van der Waals surface area contributed by atoms with Crippen molar-refractivity contribution >= 4 is 21.6 Å². The van der Waals surface area contributed by atoms with E-state index in [2.05, 4.69) is 10.3 Å². The van der Waals surface area contributed by atoms with E-state index in [-0.39, 0.29) is 16.7 Å². The highest BCUT2D eigenvalue weighted by Crippen LogP contribution is 2.25. The van der Waals surface area contributed by atoms with E-state index >= 15 is 0 Å². The second-order valence-corrected chi connectivity index (χ2v) is 8.54. The van der Waals surface area contributed by atoms with E-state index < -0.39 is 10.0 Å².